The maximum atomic E-state index is 15.1. The zero-order valence-corrected chi connectivity index (χ0v) is 21.8. The van der Waals surface area contributed by atoms with Crippen LogP contribution in [0.3, 0.4) is 0 Å². The minimum absolute atomic E-state index is 0.0631. The van der Waals surface area contributed by atoms with Gasteiger partial charge in [-0.1, -0.05) is 42.9 Å². The smallest absolute Gasteiger partial charge is 0.408 e. The van der Waals surface area contributed by atoms with Crippen LogP contribution in [0, 0.1) is 29.5 Å². The quantitative estimate of drug-likeness (QED) is 0.277. The summed E-state index contributed by atoms with van der Waals surface area (Å²) in [5.41, 5.74) is 7.66. The van der Waals surface area contributed by atoms with Crippen LogP contribution in [0.4, 0.5) is 14.6 Å². The molecule has 202 valence electrons. The normalized spacial score (nSPS) is 18.4. The Hall–Kier alpha value is -4.01. The molecule has 0 radical (unpaired) electrons. The van der Waals surface area contributed by atoms with Crippen molar-refractivity contribution in [3.8, 4) is 11.8 Å². The van der Waals surface area contributed by atoms with E-state index < -0.39 is 38.5 Å². The average molecular weight is 553 g/mol. The summed E-state index contributed by atoms with van der Waals surface area (Å²) in [7, 11) is -4.50. The first-order valence-electron chi connectivity index (χ1n) is 12.5. The zero-order chi connectivity index (χ0) is 27.7. The van der Waals surface area contributed by atoms with Gasteiger partial charge >= 0.3 is 5.76 Å². The van der Waals surface area contributed by atoms with Crippen molar-refractivity contribution in [2.45, 2.75) is 49.6 Å². The third-order valence-corrected chi connectivity index (χ3v) is 8.26. The third-order valence-electron chi connectivity index (χ3n) is 6.89. The summed E-state index contributed by atoms with van der Waals surface area (Å²) in [6, 6.07) is 12.2. The number of fused-ring (bicyclic) bond motifs is 1. The summed E-state index contributed by atoms with van der Waals surface area (Å²) < 4.78 is 62.7. The Balaban J connectivity index is 1.46. The maximum Gasteiger partial charge on any atom is 0.420 e. The molecule has 2 aromatic heterocycles. The van der Waals surface area contributed by atoms with Gasteiger partial charge in [-0.3, -0.25) is 9.29 Å². The molecule has 2 heterocycles. The summed E-state index contributed by atoms with van der Waals surface area (Å²) in [4.78, 5) is 15.5. The van der Waals surface area contributed by atoms with Gasteiger partial charge in [0, 0.05) is 29.7 Å². The van der Waals surface area contributed by atoms with Crippen molar-refractivity contribution in [2.24, 2.45) is 11.7 Å². The molecule has 1 fully saturated rings. The van der Waals surface area contributed by atoms with E-state index >= 15 is 4.39 Å². The van der Waals surface area contributed by atoms with E-state index in [4.69, 9.17) is 10.2 Å². The van der Waals surface area contributed by atoms with Crippen molar-refractivity contribution in [1.29, 1.82) is 0 Å². The van der Waals surface area contributed by atoms with Gasteiger partial charge in [-0.05, 0) is 49.6 Å². The highest BCUT2D eigenvalue weighted by atomic mass is 32.2. The van der Waals surface area contributed by atoms with Crippen LogP contribution in [-0.2, 0) is 10.0 Å². The predicted molar refractivity (Wildman–Crippen MR) is 143 cm³/mol. The Morgan fingerprint density at radius 3 is 2.67 bits per heavy atom. The van der Waals surface area contributed by atoms with E-state index in [1.54, 1.807) is 6.92 Å². The molecular weight excluding hydrogens is 526 g/mol. The molecule has 1 aliphatic rings. The Labute approximate surface area is 223 Å². The molecule has 1 saturated carbocycles. The molecule has 3 N–H and O–H groups in total. The second kappa shape index (κ2) is 10.6. The van der Waals surface area contributed by atoms with Gasteiger partial charge in [0.05, 0.1) is 11.6 Å². The van der Waals surface area contributed by atoms with E-state index in [0.717, 1.165) is 55.0 Å². The molecule has 0 saturated heterocycles. The van der Waals surface area contributed by atoms with E-state index in [2.05, 4.69) is 16.8 Å². The number of nitrogens with zero attached hydrogens (tertiary/aromatic N) is 2. The van der Waals surface area contributed by atoms with Crippen LogP contribution in [0.5, 0.6) is 0 Å². The van der Waals surface area contributed by atoms with E-state index in [1.807, 2.05) is 29.0 Å². The number of anilines is 1. The fourth-order valence-electron chi connectivity index (χ4n) is 4.81. The fraction of sp³-hybridized carbons (Fsp3) is 0.286. The van der Waals surface area contributed by atoms with E-state index in [9.17, 15) is 17.6 Å². The number of pyridine rings is 1. The number of nitrogens with two attached hydrogens (primary N) is 1. The van der Waals surface area contributed by atoms with Crippen molar-refractivity contribution in [3.05, 3.63) is 88.0 Å². The first-order valence-corrected chi connectivity index (χ1v) is 14.0. The van der Waals surface area contributed by atoms with Crippen molar-refractivity contribution in [1.82, 2.24) is 9.55 Å². The first-order chi connectivity index (χ1) is 18.6. The van der Waals surface area contributed by atoms with Crippen LogP contribution >= 0.6 is 0 Å². The lowest BCUT2D eigenvalue weighted by molar-refractivity contribution is 0.372. The molecule has 3 atom stereocenters. The second-order valence-electron chi connectivity index (χ2n) is 9.56. The van der Waals surface area contributed by atoms with Crippen LogP contribution in [0.15, 0.2) is 68.7 Å². The van der Waals surface area contributed by atoms with Gasteiger partial charge in [-0.15, -0.1) is 0 Å². The van der Waals surface area contributed by atoms with Gasteiger partial charge in [-0.2, -0.15) is 4.39 Å². The highest BCUT2D eigenvalue weighted by Gasteiger charge is 2.25. The molecule has 0 spiro atoms. The molecule has 11 heteroatoms. The molecular formula is C28H26F2N4O4S. The molecule has 0 aliphatic heterocycles. The molecule has 2 aromatic carbocycles. The number of benzene rings is 2. The SMILES string of the molecule is C[C@H](c1cccc(C#C[C@@H]2CCCC[C@@H]2N)c1)n1c(=O)oc2cc(S(=O)(=O)Nc3cccc(F)n3)c(F)cc21. The van der Waals surface area contributed by atoms with Crippen molar-refractivity contribution < 1.29 is 21.6 Å². The van der Waals surface area contributed by atoms with Gasteiger partial charge in [0.2, 0.25) is 5.95 Å². The van der Waals surface area contributed by atoms with Gasteiger partial charge < -0.3 is 10.2 Å². The Morgan fingerprint density at radius 2 is 1.90 bits per heavy atom. The molecule has 1 aliphatic carbocycles. The molecule has 0 amide bonds. The van der Waals surface area contributed by atoms with Gasteiger partial charge in [0.25, 0.3) is 10.0 Å². The van der Waals surface area contributed by atoms with E-state index in [-0.39, 0.29) is 28.9 Å². The van der Waals surface area contributed by atoms with Crippen LogP contribution in [0.1, 0.15) is 49.8 Å². The second-order valence-corrected chi connectivity index (χ2v) is 11.2. The number of halogens is 2. The Kier molecular flexibility index (Phi) is 7.25. The zero-order valence-electron chi connectivity index (χ0n) is 21.0. The number of rotatable bonds is 5. The van der Waals surface area contributed by atoms with Crippen LogP contribution in [0.2, 0.25) is 0 Å². The third kappa shape index (κ3) is 5.57. The summed E-state index contributed by atoms with van der Waals surface area (Å²) in [5.74, 6) is 3.48. The highest BCUT2D eigenvalue weighted by Crippen LogP contribution is 2.28. The highest BCUT2D eigenvalue weighted by molar-refractivity contribution is 7.92. The minimum atomic E-state index is -4.50. The van der Waals surface area contributed by atoms with Crippen LogP contribution < -0.4 is 16.2 Å². The number of aromatic nitrogens is 2. The number of hydrogen-bond donors (Lipinski definition) is 2. The summed E-state index contributed by atoms with van der Waals surface area (Å²) in [6.07, 6.45) is 4.16. The topological polar surface area (TPSA) is 120 Å². The molecule has 5 rings (SSSR count). The van der Waals surface area contributed by atoms with E-state index in [1.165, 1.54) is 16.7 Å². The molecule has 0 bridgehead atoms. The maximum absolute atomic E-state index is 15.1. The number of nitrogens with one attached hydrogen (secondary N) is 1. The fourth-order valence-corrected chi connectivity index (χ4v) is 5.88. The number of sulfonamides is 1. The Morgan fingerprint density at radius 1 is 1.13 bits per heavy atom. The number of hydrogen-bond acceptors (Lipinski definition) is 6. The largest absolute Gasteiger partial charge is 0.420 e. The van der Waals surface area contributed by atoms with Gasteiger partial charge in [-0.25, -0.2) is 22.6 Å². The summed E-state index contributed by atoms with van der Waals surface area (Å²) in [5, 5.41) is 0. The van der Waals surface area contributed by atoms with Crippen LogP contribution in [0.25, 0.3) is 11.1 Å². The van der Waals surface area contributed by atoms with Crippen molar-refractivity contribution >= 4 is 26.9 Å². The first kappa shape index (κ1) is 26.6. The molecule has 0 unspecified atom stereocenters. The summed E-state index contributed by atoms with van der Waals surface area (Å²) in [6.45, 7) is 1.75. The molecule has 39 heavy (non-hydrogen) atoms. The summed E-state index contributed by atoms with van der Waals surface area (Å²) >= 11 is 0. The van der Waals surface area contributed by atoms with Crippen molar-refractivity contribution in [2.75, 3.05) is 4.72 Å². The van der Waals surface area contributed by atoms with Crippen molar-refractivity contribution in [3.63, 3.8) is 0 Å². The number of oxazole rings is 1. The minimum Gasteiger partial charge on any atom is -0.408 e. The van der Waals surface area contributed by atoms with Gasteiger partial charge in [0.1, 0.15) is 16.5 Å². The van der Waals surface area contributed by atoms with Crippen LogP contribution in [-0.4, -0.2) is 24.0 Å². The monoisotopic (exact) mass is 552 g/mol. The standard InChI is InChI=1S/C28H26F2N4O4S/c1-17(20-8-4-6-18(14-20)12-13-19-7-2-3-9-22(19)31)34-23-15-21(29)25(16-24(23)38-28(34)35)39(36,37)33-27-11-5-10-26(30)32-27/h4-6,8,10-11,14-17,19,22H,2-3,7,9,31H2,1H3,(H,32,33)/t17-,19+,22+/m1/s1. The van der Waals surface area contributed by atoms with Gasteiger partial charge in [0.15, 0.2) is 5.58 Å². The average Bonchev–Trinajstić information content (AvgIpc) is 3.21. The lowest BCUT2D eigenvalue weighted by atomic mass is 9.85. The lowest BCUT2D eigenvalue weighted by Gasteiger charge is -2.23. The van der Waals surface area contributed by atoms with E-state index in [0.29, 0.717) is 0 Å². The lowest BCUT2D eigenvalue weighted by Crippen LogP contribution is -2.32. The predicted octanol–water partition coefficient (Wildman–Crippen LogP) is 4.55. The Bertz CT molecular complexity index is 1770. The molecule has 4 aromatic rings. The molecule has 8 nitrogen and oxygen atoms in total.